The first-order chi connectivity index (χ1) is 14.6. The van der Waals surface area contributed by atoms with Gasteiger partial charge in [0.2, 0.25) is 5.91 Å². The Morgan fingerprint density at radius 3 is 2.13 bits per heavy atom. The number of hydrogen-bond acceptors (Lipinski definition) is 5. The molecular formula is C23H22N2O5. The van der Waals surface area contributed by atoms with Gasteiger partial charge in [0, 0.05) is 17.3 Å². The minimum Gasteiger partial charge on any atom is -0.493 e. The van der Waals surface area contributed by atoms with Gasteiger partial charge < -0.3 is 24.8 Å². The third-order valence-corrected chi connectivity index (χ3v) is 4.17. The normalized spacial score (nSPS) is 10.1. The predicted molar refractivity (Wildman–Crippen MR) is 113 cm³/mol. The summed E-state index contributed by atoms with van der Waals surface area (Å²) in [6, 6.07) is 21.0. The molecule has 0 radical (unpaired) electrons. The van der Waals surface area contributed by atoms with Crippen LogP contribution in [-0.4, -0.2) is 32.6 Å². The molecule has 0 aliphatic rings. The summed E-state index contributed by atoms with van der Waals surface area (Å²) in [4.78, 5) is 24.4. The molecule has 0 saturated carbocycles. The van der Waals surface area contributed by atoms with Gasteiger partial charge in [-0.3, -0.25) is 9.59 Å². The molecule has 2 N–H and O–H groups in total. The van der Waals surface area contributed by atoms with Crippen molar-refractivity contribution in [1.82, 2.24) is 5.32 Å². The first-order valence-corrected chi connectivity index (χ1v) is 9.22. The van der Waals surface area contributed by atoms with Crippen molar-refractivity contribution < 1.29 is 23.8 Å². The molecule has 2 amide bonds. The molecule has 30 heavy (non-hydrogen) atoms. The van der Waals surface area contributed by atoms with Gasteiger partial charge in [0.15, 0.2) is 11.5 Å². The Hall–Kier alpha value is -4.00. The highest BCUT2D eigenvalue weighted by Gasteiger charge is 2.10. The van der Waals surface area contributed by atoms with E-state index < -0.39 is 0 Å². The maximum absolute atomic E-state index is 12.3. The van der Waals surface area contributed by atoms with Crippen LogP contribution in [0.3, 0.4) is 0 Å². The highest BCUT2D eigenvalue weighted by Crippen LogP contribution is 2.29. The Morgan fingerprint density at radius 2 is 1.47 bits per heavy atom. The van der Waals surface area contributed by atoms with Crippen LogP contribution < -0.4 is 24.8 Å². The van der Waals surface area contributed by atoms with Crippen molar-refractivity contribution in [2.45, 2.75) is 0 Å². The van der Waals surface area contributed by atoms with Gasteiger partial charge in [0.1, 0.15) is 11.5 Å². The zero-order valence-corrected chi connectivity index (χ0v) is 16.7. The van der Waals surface area contributed by atoms with E-state index in [1.807, 2.05) is 30.3 Å². The van der Waals surface area contributed by atoms with Crippen molar-refractivity contribution in [3.8, 4) is 23.0 Å². The third kappa shape index (κ3) is 5.51. The molecule has 0 unspecified atom stereocenters. The number of anilines is 1. The van der Waals surface area contributed by atoms with E-state index in [-0.39, 0.29) is 18.4 Å². The number of hydrogen-bond donors (Lipinski definition) is 2. The zero-order chi connectivity index (χ0) is 21.3. The molecule has 3 aromatic rings. The quantitative estimate of drug-likeness (QED) is 0.593. The largest absolute Gasteiger partial charge is 0.493 e. The van der Waals surface area contributed by atoms with E-state index in [2.05, 4.69) is 10.6 Å². The Bertz CT molecular complexity index is 1000. The average molecular weight is 406 g/mol. The Kier molecular flexibility index (Phi) is 6.89. The molecule has 0 saturated heterocycles. The topological polar surface area (TPSA) is 85.9 Å². The van der Waals surface area contributed by atoms with E-state index in [1.165, 1.54) is 14.2 Å². The van der Waals surface area contributed by atoms with Crippen LogP contribution in [0.4, 0.5) is 5.69 Å². The molecule has 0 fully saturated rings. The van der Waals surface area contributed by atoms with Gasteiger partial charge in [-0.25, -0.2) is 0 Å². The van der Waals surface area contributed by atoms with Gasteiger partial charge in [-0.2, -0.15) is 0 Å². The van der Waals surface area contributed by atoms with E-state index in [0.29, 0.717) is 34.2 Å². The molecule has 0 heterocycles. The molecule has 7 nitrogen and oxygen atoms in total. The number of ether oxygens (including phenoxy) is 3. The summed E-state index contributed by atoms with van der Waals surface area (Å²) in [5, 5.41) is 5.29. The van der Waals surface area contributed by atoms with E-state index in [4.69, 9.17) is 14.2 Å². The fourth-order valence-corrected chi connectivity index (χ4v) is 2.68. The molecule has 0 bridgehead atoms. The van der Waals surface area contributed by atoms with Crippen LogP contribution in [0.2, 0.25) is 0 Å². The average Bonchev–Trinajstić information content (AvgIpc) is 2.78. The molecule has 3 rings (SSSR count). The first kappa shape index (κ1) is 20.7. The molecule has 0 atom stereocenters. The lowest BCUT2D eigenvalue weighted by molar-refractivity contribution is -0.115. The molecule has 3 aromatic carbocycles. The molecule has 0 aliphatic carbocycles. The molecule has 0 aromatic heterocycles. The summed E-state index contributed by atoms with van der Waals surface area (Å²) >= 11 is 0. The fraction of sp³-hybridized carbons (Fsp3) is 0.130. The number of para-hydroxylation sites is 1. The minimum absolute atomic E-state index is 0.171. The van der Waals surface area contributed by atoms with Crippen LogP contribution in [0.1, 0.15) is 10.4 Å². The second kappa shape index (κ2) is 9.97. The number of methoxy groups -OCH3 is 2. The SMILES string of the molecule is COc1ccc(NC(=O)CNC(=O)c2ccc(Oc3ccccc3)cc2)cc1OC. The Morgan fingerprint density at radius 1 is 0.800 bits per heavy atom. The summed E-state index contributed by atoms with van der Waals surface area (Å²) in [6.07, 6.45) is 0. The second-order valence-corrected chi connectivity index (χ2v) is 6.24. The third-order valence-electron chi connectivity index (χ3n) is 4.17. The van der Waals surface area contributed by atoms with Crippen LogP contribution in [0, 0.1) is 0 Å². The number of amides is 2. The molecule has 154 valence electrons. The number of carbonyl (C=O) groups is 2. The second-order valence-electron chi connectivity index (χ2n) is 6.24. The summed E-state index contributed by atoms with van der Waals surface area (Å²) < 4.78 is 16.1. The summed E-state index contributed by atoms with van der Waals surface area (Å²) in [6.45, 7) is -0.171. The highest BCUT2D eigenvalue weighted by atomic mass is 16.5. The lowest BCUT2D eigenvalue weighted by Gasteiger charge is -2.11. The van der Waals surface area contributed by atoms with Gasteiger partial charge in [0.25, 0.3) is 5.91 Å². The number of benzene rings is 3. The van der Waals surface area contributed by atoms with E-state index in [1.54, 1.807) is 42.5 Å². The Labute approximate surface area is 174 Å². The van der Waals surface area contributed by atoms with E-state index >= 15 is 0 Å². The number of carbonyl (C=O) groups excluding carboxylic acids is 2. The van der Waals surface area contributed by atoms with Crippen molar-refractivity contribution in [1.29, 1.82) is 0 Å². The van der Waals surface area contributed by atoms with Gasteiger partial charge in [0.05, 0.1) is 20.8 Å². The van der Waals surface area contributed by atoms with E-state index in [9.17, 15) is 9.59 Å². The zero-order valence-electron chi connectivity index (χ0n) is 16.7. The lowest BCUT2D eigenvalue weighted by atomic mass is 10.2. The van der Waals surface area contributed by atoms with Gasteiger partial charge in [-0.1, -0.05) is 18.2 Å². The maximum atomic E-state index is 12.3. The van der Waals surface area contributed by atoms with Crippen molar-refractivity contribution >= 4 is 17.5 Å². The van der Waals surface area contributed by atoms with Crippen molar-refractivity contribution in [3.05, 3.63) is 78.4 Å². The minimum atomic E-state index is -0.361. The summed E-state index contributed by atoms with van der Waals surface area (Å²) in [7, 11) is 3.05. The van der Waals surface area contributed by atoms with Crippen LogP contribution in [-0.2, 0) is 4.79 Å². The fourth-order valence-electron chi connectivity index (χ4n) is 2.68. The van der Waals surface area contributed by atoms with Crippen LogP contribution >= 0.6 is 0 Å². The lowest BCUT2D eigenvalue weighted by Crippen LogP contribution is -2.32. The Balaban J connectivity index is 1.52. The smallest absolute Gasteiger partial charge is 0.251 e. The van der Waals surface area contributed by atoms with Gasteiger partial charge in [-0.15, -0.1) is 0 Å². The molecule has 0 aliphatic heterocycles. The van der Waals surface area contributed by atoms with Crippen LogP contribution in [0.5, 0.6) is 23.0 Å². The summed E-state index contributed by atoms with van der Waals surface area (Å²) in [5.41, 5.74) is 0.962. The standard InChI is InChI=1S/C23H22N2O5/c1-28-20-13-10-17(14-21(20)29-2)25-22(26)15-24-23(27)16-8-11-19(12-9-16)30-18-6-4-3-5-7-18/h3-14H,15H2,1-2H3,(H,24,27)(H,25,26). The predicted octanol–water partition coefficient (Wildman–Crippen LogP) is 3.86. The number of rotatable bonds is 8. The van der Waals surface area contributed by atoms with Crippen LogP contribution in [0.25, 0.3) is 0 Å². The van der Waals surface area contributed by atoms with Crippen LogP contribution in [0.15, 0.2) is 72.8 Å². The number of nitrogens with one attached hydrogen (secondary N) is 2. The van der Waals surface area contributed by atoms with Crippen molar-refractivity contribution in [3.63, 3.8) is 0 Å². The molecular weight excluding hydrogens is 384 g/mol. The van der Waals surface area contributed by atoms with E-state index in [0.717, 1.165) is 0 Å². The van der Waals surface area contributed by atoms with Crippen molar-refractivity contribution in [2.75, 3.05) is 26.1 Å². The first-order valence-electron chi connectivity index (χ1n) is 9.22. The van der Waals surface area contributed by atoms with Gasteiger partial charge in [-0.05, 0) is 48.5 Å². The summed E-state index contributed by atoms with van der Waals surface area (Å²) in [5.74, 6) is 1.66. The van der Waals surface area contributed by atoms with Crippen molar-refractivity contribution in [2.24, 2.45) is 0 Å². The monoisotopic (exact) mass is 406 g/mol. The maximum Gasteiger partial charge on any atom is 0.251 e. The highest BCUT2D eigenvalue weighted by molar-refractivity contribution is 5.99. The molecule has 7 heteroatoms. The van der Waals surface area contributed by atoms with Gasteiger partial charge >= 0.3 is 0 Å². The molecule has 0 spiro atoms.